The van der Waals surface area contributed by atoms with Gasteiger partial charge in [-0.25, -0.2) is 0 Å². The van der Waals surface area contributed by atoms with E-state index in [4.69, 9.17) is 11.6 Å². The highest BCUT2D eigenvalue weighted by Crippen LogP contribution is 2.19. The number of nitrogens with zero attached hydrogens (tertiary/aromatic N) is 3. The zero-order valence-electron chi connectivity index (χ0n) is 15.1. The van der Waals surface area contributed by atoms with Gasteiger partial charge in [0.1, 0.15) is 0 Å². The summed E-state index contributed by atoms with van der Waals surface area (Å²) in [6.45, 7) is 5.73. The molecule has 25 heavy (non-hydrogen) atoms. The van der Waals surface area contributed by atoms with Crippen LogP contribution in [0.25, 0.3) is 0 Å². The molecule has 1 unspecified atom stereocenters. The maximum atomic E-state index is 5.97. The van der Waals surface area contributed by atoms with Gasteiger partial charge in [-0.3, -0.25) is 4.98 Å². The Morgan fingerprint density at radius 1 is 1.20 bits per heavy atom. The van der Waals surface area contributed by atoms with E-state index in [0.29, 0.717) is 0 Å². The van der Waals surface area contributed by atoms with Crippen molar-refractivity contribution in [1.29, 1.82) is 0 Å². The van der Waals surface area contributed by atoms with Crippen LogP contribution in [0, 0.1) is 5.92 Å². The van der Waals surface area contributed by atoms with Crippen molar-refractivity contribution in [2.45, 2.75) is 25.8 Å². The third-order valence-electron chi connectivity index (χ3n) is 4.98. The molecule has 1 aromatic carbocycles. The molecule has 0 radical (unpaired) electrons. The number of pyridine rings is 1. The molecule has 1 saturated heterocycles. The topological polar surface area (TPSA) is 19.4 Å². The molecule has 0 spiro atoms. The second-order valence-corrected chi connectivity index (χ2v) is 7.68. The van der Waals surface area contributed by atoms with Gasteiger partial charge in [0.25, 0.3) is 0 Å². The summed E-state index contributed by atoms with van der Waals surface area (Å²) in [5, 5.41) is 0.818. The lowest BCUT2D eigenvalue weighted by Gasteiger charge is -2.34. The molecular formula is C21H28ClN3. The van der Waals surface area contributed by atoms with E-state index in [1.807, 2.05) is 30.6 Å². The quantitative estimate of drug-likeness (QED) is 0.743. The first-order valence-corrected chi connectivity index (χ1v) is 9.61. The van der Waals surface area contributed by atoms with Gasteiger partial charge < -0.3 is 9.80 Å². The lowest BCUT2D eigenvalue weighted by atomic mass is 9.97. The molecule has 1 aliphatic rings. The highest BCUT2D eigenvalue weighted by atomic mass is 35.5. The van der Waals surface area contributed by atoms with Gasteiger partial charge in [-0.05, 0) is 68.1 Å². The van der Waals surface area contributed by atoms with E-state index < -0.39 is 0 Å². The molecule has 0 bridgehead atoms. The Morgan fingerprint density at radius 2 is 2.04 bits per heavy atom. The van der Waals surface area contributed by atoms with Gasteiger partial charge in [0.05, 0.1) is 0 Å². The predicted octanol–water partition coefficient (Wildman–Crippen LogP) is 4.12. The van der Waals surface area contributed by atoms with Crippen LogP contribution < -0.4 is 0 Å². The van der Waals surface area contributed by atoms with Crippen molar-refractivity contribution >= 4 is 11.6 Å². The molecule has 1 aliphatic heterocycles. The average Bonchev–Trinajstić information content (AvgIpc) is 2.62. The van der Waals surface area contributed by atoms with Crippen LogP contribution in [0.15, 0.2) is 48.8 Å². The smallest absolute Gasteiger partial charge is 0.0406 e. The third kappa shape index (κ3) is 6.10. The van der Waals surface area contributed by atoms with Gasteiger partial charge in [0, 0.05) is 43.6 Å². The summed E-state index contributed by atoms with van der Waals surface area (Å²) in [6.07, 6.45) is 7.56. The summed E-state index contributed by atoms with van der Waals surface area (Å²) in [5.41, 5.74) is 2.67. The first kappa shape index (κ1) is 18.4. The summed E-state index contributed by atoms with van der Waals surface area (Å²) < 4.78 is 0. The van der Waals surface area contributed by atoms with E-state index in [-0.39, 0.29) is 0 Å². The molecular weight excluding hydrogens is 330 g/mol. The second kappa shape index (κ2) is 9.33. The molecule has 1 fully saturated rings. The number of aromatic nitrogens is 1. The van der Waals surface area contributed by atoms with Crippen LogP contribution in [0.3, 0.4) is 0 Å². The van der Waals surface area contributed by atoms with Crippen molar-refractivity contribution in [2.24, 2.45) is 5.92 Å². The zero-order valence-corrected chi connectivity index (χ0v) is 15.8. The van der Waals surface area contributed by atoms with Crippen LogP contribution in [0.2, 0.25) is 5.02 Å². The van der Waals surface area contributed by atoms with Crippen molar-refractivity contribution in [3.63, 3.8) is 0 Å². The molecule has 0 saturated carbocycles. The molecule has 0 aliphatic carbocycles. The fourth-order valence-corrected chi connectivity index (χ4v) is 3.88. The molecule has 3 rings (SSSR count). The second-order valence-electron chi connectivity index (χ2n) is 7.24. The Morgan fingerprint density at radius 3 is 2.80 bits per heavy atom. The molecule has 2 heterocycles. The summed E-state index contributed by atoms with van der Waals surface area (Å²) in [5.74, 6) is 0.764. The Balaban J connectivity index is 1.43. The van der Waals surface area contributed by atoms with Crippen LogP contribution in [0.1, 0.15) is 24.0 Å². The normalized spacial score (nSPS) is 18.6. The summed E-state index contributed by atoms with van der Waals surface area (Å²) in [7, 11) is 2.22. The van der Waals surface area contributed by atoms with E-state index in [2.05, 4.69) is 40.0 Å². The summed E-state index contributed by atoms with van der Waals surface area (Å²) >= 11 is 5.97. The van der Waals surface area contributed by atoms with Gasteiger partial charge in [0.2, 0.25) is 0 Å². The van der Waals surface area contributed by atoms with E-state index in [1.54, 1.807) is 0 Å². The predicted molar refractivity (Wildman–Crippen MR) is 105 cm³/mol. The molecule has 134 valence electrons. The van der Waals surface area contributed by atoms with Crippen LogP contribution in [-0.4, -0.2) is 48.0 Å². The fourth-order valence-electron chi connectivity index (χ4n) is 3.75. The number of likely N-dealkylation sites (tertiary alicyclic amines) is 1. The Bertz CT molecular complexity index is 629. The molecule has 1 aromatic heterocycles. The summed E-state index contributed by atoms with van der Waals surface area (Å²) in [4.78, 5) is 9.27. The number of rotatable bonds is 7. The van der Waals surface area contributed by atoms with Crippen LogP contribution in [-0.2, 0) is 13.0 Å². The van der Waals surface area contributed by atoms with E-state index in [9.17, 15) is 0 Å². The largest absolute Gasteiger partial charge is 0.303 e. The molecule has 3 nitrogen and oxygen atoms in total. The highest BCUT2D eigenvalue weighted by molar-refractivity contribution is 6.30. The Labute approximate surface area is 156 Å². The number of hydrogen-bond acceptors (Lipinski definition) is 3. The standard InChI is InChI=1S/C21H28ClN3/c1-24(15-19-4-2-11-23-14-19)16-20-5-3-12-25(17-20)13-10-18-6-8-21(22)9-7-18/h2,4,6-9,11,14,20H,3,5,10,12-13,15-17H2,1H3. The first-order valence-electron chi connectivity index (χ1n) is 9.23. The molecule has 0 N–H and O–H groups in total. The molecule has 2 aromatic rings. The minimum Gasteiger partial charge on any atom is -0.303 e. The molecule has 1 atom stereocenters. The van der Waals surface area contributed by atoms with Crippen molar-refractivity contribution in [3.8, 4) is 0 Å². The Kier molecular flexibility index (Phi) is 6.85. The molecule has 4 heteroatoms. The maximum Gasteiger partial charge on any atom is 0.0406 e. The van der Waals surface area contributed by atoms with Gasteiger partial charge in [-0.1, -0.05) is 29.8 Å². The fraction of sp³-hybridized carbons (Fsp3) is 0.476. The average molecular weight is 358 g/mol. The minimum absolute atomic E-state index is 0.764. The zero-order chi connectivity index (χ0) is 17.5. The first-order chi connectivity index (χ1) is 12.2. The van der Waals surface area contributed by atoms with Crippen LogP contribution in [0.5, 0.6) is 0 Å². The van der Waals surface area contributed by atoms with Crippen molar-refractivity contribution in [2.75, 3.05) is 33.2 Å². The van der Waals surface area contributed by atoms with Gasteiger partial charge >= 0.3 is 0 Å². The lowest BCUT2D eigenvalue weighted by Crippen LogP contribution is -2.40. The number of hydrogen-bond donors (Lipinski definition) is 0. The van der Waals surface area contributed by atoms with Gasteiger partial charge in [-0.2, -0.15) is 0 Å². The maximum absolute atomic E-state index is 5.97. The monoisotopic (exact) mass is 357 g/mol. The van der Waals surface area contributed by atoms with Gasteiger partial charge in [0.15, 0.2) is 0 Å². The lowest BCUT2D eigenvalue weighted by molar-refractivity contribution is 0.142. The van der Waals surface area contributed by atoms with Crippen molar-refractivity contribution < 1.29 is 0 Å². The minimum atomic E-state index is 0.764. The van der Waals surface area contributed by atoms with Crippen LogP contribution in [0.4, 0.5) is 0 Å². The van der Waals surface area contributed by atoms with Crippen molar-refractivity contribution in [1.82, 2.24) is 14.8 Å². The number of halogens is 1. The molecule has 0 amide bonds. The Hall–Kier alpha value is -1.42. The SMILES string of the molecule is CN(Cc1cccnc1)CC1CCCN(CCc2ccc(Cl)cc2)C1. The van der Waals surface area contributed by atoms with E-state index in [0.717, 1.165) is 37.0 Å². The third-order valence-corrected chi connectivity index (χ3v) is 5.23. The van der Waals surface area contributed by atoms with Gasteiger partial charge in [-0.15, -0.1) is 0 Å². The van der Waals surface area contributed by atoms with Crippen molar-refractivity contribution in [3.05, 3.63) is 64.9 Å². The number of benzene rings is 1. The highest BCUT2D eigenvalue weighted by Gasteiger charge is 2.21. The summed E-state index contributed by atoms with van der Waals surface area (Å²) in [6, 6.07) is 12.4. The number of piperidine rings is 1. The van der Waals surface area contributed by atoms with E-state index >= 15 is 0 Å². The van der Waals surface area contributed by atoms with E-state index in [1.165, 1.54) is 37.1 Å². The van der Waals surface area contributed by atoms with Crippen LogP contribution >= 0.6 is 11.6 Å².